The van der Waals surface area contributed by atoms with Crippen molar-refractivity contribution >= 4 is 28.3 Å². The third kappa shape index (κ3) is 3.43. The van der Waals surface area contributed by atoms with E-state index >= 15 is 0 Å². The molecule has 130 valence electrons. The standard InChI is InChI=1S/C15H16N6O3S/c1-3-20-9(2)10(6-17-20)11-8-25-15(18-11)19-14(24)12-4-5-16-21(12)7-13(22)23/h4-6,8H,3,7H2,1-2H3,(H,22,23)(H,18,19,24). The molecule has 0 aromatic carbocycles. The Hall–Kier alpha value is -3.01. The molecule has 25 heavy (non-hydrogen) atoms. The average molecular weight is 360 g/mol. The Morgan fingerprint density at radius 2 is 2.12 bits per heavy atom. The molecule has 0 saturated carbocycles. The van der Waals surface area contributed by atoms with E-state index < -0.39 is 11.9 Å². The van der Waals surface area contributed by atoms with E-state index in [1.54, 1.807) is 6.20 Å². The van der Waals surface area contributed by atoms with E-state index in [-0.39, 0.29) is 12.2 Å². The predicted octanol–water partition coefficient (Wildman–Crippen LogP) is 1.87. The van der Waals surface area contributed by atoms with Gasteiger partial charge in [-0.1, -0.05) is 0 Å². The summed E-state index contributed by atoms with van der Waals surface area (Å²) in [7, 11) is 0. The van der Waals surface area contributed by atoms with Gasteiger partial charge in [0.15, 0.2) is 5.13 Å². The van der Waals surface area contributed by atoms with Crippen molar-refractivity contribution < 1.29 is 14.7 Å². The molecule has 0 radical (unpaired) electrons. The fraction of sp³-hybridized carbons (Fsp3) is 0.267. The SMILES string of the molecule is CCn1ncc(-c2csc(NC(=O)c3ccnn3CC(=O)O)n2)c1C. The van der Waals surface area contributed by atoms with E-state index in [1.165, 1.54) is 23.6 Å². The number of aliphatic carboxylic acids is 1. The number of carboxylic acids is 1. The molecule has 3 rings (SSSR count). The summed E-state index contributed by atoms with van der Waals surface area (Å²) in [5, 5.41) is 21.9. The molecule has 3 aromatic rings. The summed E-state index contributed by atoms with van der Waals surface area (Å²) in [5.41, 5.74) is 2.81. The fourth-order valence-electron chi connectivity index (χ4n) is 2.41. The second-order valence-corrected chi connectivity index (χ2v) is 6.08. The Balaban J connectivity index is 1.77. The second-order valence-electron chi connectivity index (χ2n) is 5.22. The van der Waals surface area contributed by atoms with Gasteiger partial charge in [-0.3, -0.25) is 19.6 Å². The zero-order valence-electron chi connectivity index (χ0n) is 13.6. The van der Waals surface area contributed by atoms with Crippen LogP contribution in [0.25, 0.3) is 11.3 Å². The van der Waals surface area contributed by atoms with Crippen LogP contribution in [0.4, 0.5) is 5.13 Å². The predicted molar refractivity (Wildman–Crippen MR) is 91.6 cm³/mol. The molecule has 1 amide bonds. The van der Waals surface area contributed by atoms with E-state index in [0.717, 1.165) is 28.2 Å². The lowest BCUT2D eigenvalue weighted by Gasteiger charge is -2.04. The minimum Gasteiger partial charge on any atom is -0.480 e. The number of carboxylic acid groups (broad SMARTS) is 1. The summed E-state index contributed by atoms with van der Waals surface area (Å²) in [6.45, 7) is 4.37. The van der Waals surface area contributed by atoms with Crippen LogP contribution in [0.1, 0.15) is 23.1 Å². The maximum atomic E-state index is 12.3. The van der Waals surface area contributed by atoms with Gasteiger partial charge in [-0.2, -0.15) is 10.2 Å². The first-order chi connectivity index (χ1) is 12.0. The first-order valence-corrected chi connectivity index (χ1v) is 8.40. The molecule has 0 saturated heterocycles. The Kier molecular flexibility index (Phi) is 4.61. The van der Waals surface area contributed by atoms with Gasteiger partial charge in [0.1, 0.15) is 12.2 Å². The molecule has 3 heterocycles. The normalized spacial score (nSPS) is 10.8. The van der Waals surface area contributed by atoms with E-state index in [0.29, 0.717) is 5.13 Å². The van der Waals surface area contributed by atoms with Gasteiger partial charge in [0.2, 0.25) is 0 Å². The number of anilines is 1. The summed E-state index contributed by atoms with van der Waals surface area (Å²) in [6.07, 6.45) is 3.13. The number of hydrogen-bond acceptors (Lipinski definition) is 6. The molecule has 0 atom stereocenters. The number of nitrogens with one attached hydrogen (secondary N) is 1. The molecule has 0 aliphatic rings. The zero-order valence-corrected chi connectivity index (χ0v) is 14.4. The third-order valence-corrected chi connectivity index (χ3v) is 4.40. The highest BCUT2D eigenvalue weighted by atomic mass is 32.1. The summed E-state index contributed by atoms with van der Waals surface area (Å²) in [6, 6.07) is 1.46. The average Bonchev–Trinajstić information content (AvgIpc) is 3.26. The van der Waals surface area contributed by atoms with Gasteiger partial charge in [-0.15, -0.1) is 11.3 Å². The lowest BCUT2D eigenvalue weighted by atomic mass is 10.2. The number of carbonyl (C=O) groups is 2. The van der Waals surface area contributed by atoms with Gasteiger partial charge in [-0.05, 0) is 19.9 Å². The number of rotatable bonds is 6. The molecule has 0 unspecified atom stereocenters. The van der Waals surface area contributed by atoms with E-state index in [9.17, 15) is 9.59 Å². The first kappa shape index (κ1) is 16.8. The minimum atomic E-state index is -1.07. The number of amides is 1. The van der Waals surface area contributed by atoms with Crippen LogP contribution >= 0.6 is 11.3 Å². The minimum absolute atomic E-state index is 0.161. The smallest absolute Gasteiger partial charge is 0.325 e. The largest absolute Gasteiger partial charge is 0.480 e. The molecule has 0 aliphatic carbocycles. The van der Waals surface area contributed by atoms with Gasteiger partial charge in [-0.25, -0.2) is 9.67 Å². The summed E-state index contributed by atoms with van der Waals surface area (Å²) >= 11 is 1.29. The van der Waals surface area contributed by atoms with Crippen molar-refractivity contribution in [3.63, 3.8) is 0 Å². The van der Waals surface area contributed by atoms with Gasteiger partial charge in [0, 0.05) is 29.4 Å². The lowest BCUT2D eigenvalue weighted by molar-refractivity contribution is -0.137. The fourth-order valence-corrected chi connectivity index (χ4v) is 3.12. The molecule has 0 bridgehead atoms. The van der Waals surface area contributed by atoms with Gasteiger partial charge in [0.25, 0.3) is 5.91 Å². The van der Waals surface area contributed by atoms with Crippen LogP contribution in [-0.4, -0.2) is 41.5 Å². The van der Waals surface area contributed by atoms with Crippen LogP contribution in [0.15, 0.2) is 23.8 Å². The topological polar surface area (TPSA) is 115 Å². The van der Waals surface area contributed by atoms with E-state index in [4.69, 9.17) is 5.11 Å². The second kappa shape index (κ2) is 6.85. The molecule has 9 nitrogen and oxygen atoms in total. The van der Waals surface area contributed by atoms with Crippen LogP contribution in [0.3, 0.4) is 0 Å². The number of carbonyl (C=O) groups excluding carboxylic acids is 1. The summed E-state index contributed by atoms with van der Waals surface area (Å²) in [4.78, 5) is 27.6. The van der Waals surface area contributed by atoms with Crippen LogP contribution in [-0.2, 0) is 17.9 Å². The summed E-state index contributed by atoms with van der Waals surface area (Å²) < 4.78 is 3.00. The number of hydrogen-bond donors (Lipinski definition) is 2. The van der Waals surface area contributed by atoms with E-state index in [2.05, 4.69) is 20.5 Å². The highest BCUT2D eigenvalue weighted by Gasteiger charge is 2.17. The van der Waals surface area contributed by atoms with Crippen LogP contribution < -0.4 is 5.32 Å². The van der Waals surface area contributed by atoms with Crippen molar-refractivity contribution in [3.8, 4) is 11.3 Å². The molecule has 2 N–H and O–H groups in total. The van der Waals surface area contributed by atoms with Gasteiger partial charge in [0.05, 0.1) is 11.9 Å². The van der Waals surface area contributed by atoms with Crippen molar-refractivity contribution in [2.24, 2.45) is 0 Å². The Labute approximate surface area is 146 Å². The van der Waals surface area contributed by atoms with E-state index in [1.807, 2.05) is 23.9 Å². The van der Waals surface area contributed by atoms with Crippen LogP contribution in [0.5, 0.6) is 0 Å². The molecule has 0 fully saturated rings. The highest BCUT2D eigenvalue weighted by molar-refractivity contribution is 7.14. The van der Waals surface area contributed by atoms with Gasteiger partial charge >= 0.3 is 5.97 Å². The van der Waals surface area contributed by atoms with Gasteiger partial charge < -0.3 is 5.11 Å². The maximum Gasteiger partial charge on any atom is 0.325 e. The number of nitrogens with zero attached hydrogens (tertiary/aromatic N) is 5. The molecule has 0 spiro atoms. The van der Waals surface area contributed by atoms with Crippen LogP contribution in [0.2, 0.25) is 0 Å². The molecular weight excluding hydrogens is 344 g/mol. The number of aromatic nitrogens is 5. The Morgan fingerprint density at radius 1 is 1.32 bits per heavy atom. The van der Waals surface area contributed by atoms with Crippen molar-refractivity contribution in [2.45, 2.75) is 26.9 Å². The quantitative estimate of drug-likeness (QED) is 0.693. The van der Waals surface area contributed by atoms with Crippen molar-refractivity contribution in [1.29, 1.82) is 0 Å². The lowest BCUT2D eigenvalue weighted by Crippen LogP contribution is -2.20. The zero-order chi connectivity index (χ0) is 18.0. The maximum absolute atomic E-state index is 12.3. The number of aryl methyl sites for hydroxylation is 1. The molecule has 0 aliphatic heterocycles. The number of thiazole rings is 1. The highest BCUT2D eigenvalue weighted by Crippen LogP contribution is 2.27. The molecule has 3 aromatic heterocycles. The summed E-state index contributed by atoms with van der Waals surface area (Å²) in [5.74, 6) is -1.53. The monoisotopic (exact) mass is 360 g/mol. The van der Waals surface area contributed by atoms with Crippen molar-refractivity contribution in [1.82, 2.24) is 24.5 Å². The Morgan fingerprint density at radius 3 is 2.80 bits per heavy atom. The van der Waals surface area contributed by atoms with Crippen molar-refractivity contribution in [3.05, 3.63) is 35.2 Å². The Bertz CT molecular complexity index is 925. The molecule has 10 heteroatoms. The third-order valence-electron chi connectivity index (χ3n) is 3.64. The molecular formula is C15H16N6O3S. The first-order valence-electron chi connectivity index (χ1n) is 7.52. The van der Waals surface area contributed by atoms with Crippen molar-refractivity contribution in [2.75, 3.05) is 5.32 Å². The van der Waals surface area contributed by atoms with Crippen LogP contribution in [0, 0.1) is 6.92 Å².